The SMILES string of the molecule is COCCCCc1cn(CC(C)CCC(C)O[P+](=O)O)nn1. The summed E-state index contributed by atoms with van der Waals surface area (Å²) >= 11 is 0. The lowest BCUT2D eigenvalue weighted by molar-refractivity contribution is 0.185. The number of rotatable bonds is 12. The normalized spacial score (nSPS) is 14.8. The summed E-state index contributed by atoms with van der Waals surface area (Å²) in [5.41, 5.74) is 1.01. The molecule has 1 aromatic heterocycles. The van der Waals surface area contributed by atoms with Gasteiger partial charge in [-0.2, -0.15) is 0 Å². The van der Waals surface area contributed by atoms with Gasteiger partial charge in [0.15, 0.2) is 0 Å². The fraction of sp³-hybridized carbons (Fsp3) is 0.857. The Labute approximate surface area is 133 Å². The van der Waals surface area contributed by atoms with E-state index in [1.165, 1.54) is 0 Å². The monoisotopic (exact) mass is 332 g/mol. The molecule has 22 heavy (non-hydrogen) atoms. The van der Waals surface area contributed by atoms with Gasteiger partial charge in [0.1, 0.15) is 6.10 Å². The zero-order valence-corrected chi connectivity index (χ0v) is 14.5. The molecule has 1 heterocycles. The fourth-order valence-corrected chi connectivity index (χ4v) is 2.64. The largest absolute Gasteiger partial charge is 0.694 e. The summed E-state index contributed by atoms with van der Waals surface area (Å²) in [4.78, 5) is 8.69. The highest BCUT2D eigenvalue weighted by molar-refractivity contribution is 7.32. The summed E-state index contributed by atoms with van der Waals surface area (Å²) in [5, 5.41) is 8.33. The Morgan fingerprint density at radius 1 is 1.36 bits per heavy atom. The first-order chi connectivity index (χ1) is 10.5. The average Bonchev–Trinajstić information content (AvgIpc) is 2.88. The Morgan fingerprint density at radius 2 is 2.14 bits per heavy atom. The molecule has 7 nitrogen and oxygen atoms in total. The van der Waals surface area contributed by atoms with Crippen LogP contribution in [0, 0.1) is 5.92 Å². The molecule has 8 heteroatoms. The van der Waals surface area contributed by atoms with Crippen LogP contribution >= 0.6 is 8.25 Å². The smallest absolute Gasteiger partial charge is 0.385 e. The van der Waals surface area contributed by atoms with E-state index in [2.05, 4.69) is 17.2 Å². The maximum absolute atomic E-state index is 10.6. The van der Waals surface area contributed by atoms with Crippen molar-refractivity contribution in [2.75, 3.05) is 13.7 Å². The summed E-state index contributed by atoms with van der Waals surface area (Å²) in [6.07, 6.45) is 6.46. The minimum Gasteiger partial charge on any atom is -0.385 e. The third kappa shape index (κ3) is 8.54. The lowest BCUT2D eigenvalue weighted by Gasteiger charge is -2.11. The van der Waals surface area contributed by atoms with Crippen LogP contribution in [-0.2, 0) is 26.8 Å². The van der Waals surface area contributed by atoms with Crippen molar-refractivity contribution in [2.45, 2.75) is 58.6 Å². The maximum atomic E-state index is 10.6. The Kier molecular flexibility index (Phi) is 9.39. The molecule has 0 bridgehead atoms. The van der Waals surface area contributed by atoms with Crippen molar-refractivity contribution in [1.29, 1.82) is 0 Å². The van der Waals surface area contributed by atoms with Gasteiger partial charge in [0, 0.05) is 31.0 Å². The molecular weight excluding hydrogens is 305 g/mol. The molecule has 1 aromatic rings. The van der Waals surface area contributed by atoms with Crippen LogP contribution in [0.15, 0.2) is 6.20 Å². The molecule has 0 aliphatic rings. The molecule has 0 saturated heterocycles. The van der Waals surface area contributed by atoms with Gasteiger partial charge < -0.3 is 4.74 Å². The molecule has 3 atom stereocenters. The Bertz CT molecular complexity index is 441. The number of aromatic nitrogens is 3. The number of ether oxygens (including phenoxy) is 1. The highest BCUT2D eigenvalue weighted by atomic mass is 31.1. The first-order valence-corrected chi connectivity index (χ1v) is 8.85. The topological polar surface area (TPSA) is 86.5 Å². The lowest BCUT2D eigenvalue weighted by Crippen LogP contribution is -2.12. The van der Waals surface area contributed by atoms with E-state index in [0.29, 0.717) is 5.92 Å². The van der Waals surface area contributed by atoms with Crippen molar-refractivity contribution in [3.8, 4) is 0 Å². The molecule has 0 aromatic carbocycles. The van der Waals surface area contributed by atoms with E-state index in [9.17, 15) is 4.57 Å². The second-order valence-corrected chi connectivity index (χ2v) is 6.40. The lowest BCUT2D eigenvalue weighted by atomic mass is 10.0. The van der Waals surface area contributed by atoms with Crippen LogP contribution in [0.5, 0.6) is 0 Å². The van der Waals surface area contributed by atoms with Crippen molar-refractivity contribution in [2.24, 2.45) is 5.92 Å². The summed E-state index contributed by atoms with van der Waals surface area (Å²) in [7, 11) is -0.800. The van der Waals surface area contributed by atoms with Crippen LogP contribution in [0.25, 0.3) is 0 Å². The Morgan fingerprint density at radius 3 is 2.82 bits per heavy atom. The van der Waals surface area contributed by atoms with Crippen molar-refractivity contribution in [3.05, 3.63) is 11.9 Å². The van der Waals surface area contributed by atoms with Crippen LogP contribution in [0.2, 0.25) is 0 Å². The summed E-state index contributed by atoms with van der Waals surface area (Å²) in [6.45, 7) is 5.52. The zero-order valence-electron chi connectivity index (χ0n) is 13.6. The maximum Gasteiger partial charge on any atom is 0.694 e. The molecule has 0 spiro atoms. The predicted octanol–water partition coefficient (Wildman–Crippen LogP) is 2.72. The molecule has 1 rings (SSSR count). The molecule has 0 aliphatic heterocycles. The van der Waals surface area contributed by atoms with Gasteiger partial charge in [-0.3, -0.25) is 4.68 Å². The van der Waals surface area contributed by atoms with Crippen LogP contribution in [-0.4, -0.2) is 39.7 Å². The standard InChI is InChI=1S/C14H26N3O4P/c1-12(7-8-13(2)21-22(18)19)10-17-11-14(15-16-17)6-4-5-9-20-3/h11-13H,4-10H2,1-3H3/p+1. The van der Waals surface area contributed by atoms with Crippen LogP contribution < -0.4 is 0 Å². The second-order valence-electron chi connectivity index (χ2n) is 5.72. The molecular formula is C14H27N3O4P+. The number of unbranched alkanes of at least 4 members (excludes halogenated alkanes) is 1. The first kappa shape index (κ1) is 19.2. The van der Waals surface area contributed by atoms with Gasteiger partial charge in [-0.25, -0.2) is 0 Å². The Balaban J connectivity index is 2.25. The van der Waals surface area contributed by atoms with Crippen molar-refractivity contribution in [1.82, 2.24) is 15.0 Å². The predicted molar refractivity (Wildman–Crippen MR) is 83.6 cm³/mol. The van der Waals surface area contributed by atoms with E-state index in [1.54, 1.807) is 7.11 Å². The quantitative estimate of drug-likeness (QED) is 0.468. The summed E-state index contributed by atoms with van der Waals surface area (Å²) in [6, 6.07) is 0. The third-order valence-corrected chi connectivity index (χ3v) is 3.99. The van der Waals surface area contributed by atoms with Gasteiger partial charge >= 0.3 is 8.25 Å². The van der Waals surface area contributed by atoms with Gasteiger partial charge in [0.2, 0.25) is 0 Å². The van der Waals surface area contributed by atoms with Crippen LogP contribution in [0.3, 0.4) is 0 Å². The molecule has 0 fully saturated rings. The van der Waals surface area contributed by atoms with Gasteiger partial charge in [0.25, 0.3) is 0 Å². The Hall–Kier alpha value is -0.880. The molecule has 0 amide bonds. The van der Waals surface area contributed by atoms with E-state index in [0.717, 1.165) is 50.9 Å². The fourth-order valence-electron chi connectivity index (χ4n) is 2.23. The second kappa shape index (κ2) is 10.8. The van der Waals surface area contributed by atoms with Gasteiger partial charge in [-0.15, -0.1) is 14.5 Å². The minimum absolute atomic E-state index is 0.205. The minimum atomic E-state index is -2.51. The first-order valence-electron chi connectivity index (χ1n) is 7.72. The molecule has 0 radical (unpaired) electrons. The number of methoxy groups -OCH3 is 1. The number of hydrogen-bond acceptors (Lipinski definition) is 5. The molecule has 126 valence electrons. The van der Waals surface area contributed by atoms with Gasteiger partial charge in [0.05, 0.1) is 5.69 Å². The van der Waals surface area contributed by atoms with E-state index < -0.39 is 8.25 Å². The summed E-state index contributed by atoms with van der Waals surface area (Å²) < 4.78 is 22.3. The van der Waals surface area contributed by atoms with E-state index in [-0.39, 0.29) is 6.10 Å². The van der Waals surface area contributed by atoms with Gasteiger partial charge in [-0.1, -0.05) is 12.1 Å². The van der Waals surface area contributed by atoms with Crippen LogP contribution in [0.1, 0.15) is 45.2 Å². The van der Waals surface area contributed by atoms with Crippen molar-refractivity contribution < 1.29 is 18.7 Å². The van der Waals surface area contributed by atoms with Gasteiger partial charge in [-0.05, 0) is 44.9 Å². The molecule has 1 N–H and O–H groups in total. The molecule has 0 aliphatic carbocycles. The molecule has 3 unspecified atom stereocenters. The van der Waals surface area contributed by atoms with E-state index in [1.807, 2.05) is 17.8 Å². The van der Waals surface area contributed by atoms with Crippen LogP contribution in [0.4, 0.5) is 0 Å². The van der Waals surface area contributed by atoms with E-state index >= 15 is 0 Å². The zero-order chi connectivity index (χ0) is 16.4. The highest BCUT2D eigenvalue weighted by Gasteiger charge is 2.19. The van der Waals surface area contributed by atoms with E-state index in [4.69, 9.17) is 14.2 Å². The number of aryl methyl sites for hydroxylation is 1. The average molecular weight is 332 g/mol. The van der Waals surface area contributed by atoms with Crippen molar-refractivity contribution in [3.63, 3.8) is 0 Å². The highest BCUT2D eigenvalue weighted by Crippen LogP contribution is 2.22. The molecule has 0 saturated carbocycles. The van der Waals surface area contributed by atoms with Crippen molar-refractivity contribution >= 4 is 8.25 Å². The number of nitrogens with zero attached hydrogens (tertiary/aromatic N) is 3. The summed E-state index contributed by atoms with van der Waals surface area (Å²) in [5.74, 6) is 0.408. The third-order valence-electron chi connectivity index (χ3n) is 3.45. The number of hydrogen-bond donors (Lipinski definition) is 1.